The van der Waals surface area contributed by atoms with E-state index < -0.39 is 0 Å². The molecule has 3 heteroatoms. The molecule has 0 aromatic carbocycles. The maximum Gasteiger partial charge on any atom is 0.147 e. The van der Waals surface area contributed by atoms with Crippen LogP contribution in [0.4, 0.5) is 4.39 Å². The Morgan fingerprint density at radius 3 is 2.58 bits per heavy atom. The Balaban J connectivity index is 1.80. The standard InChI is InChI=1S/C21H34BrFO/c1-3-4-15-14(10-12-23)5-6-17-16(15)9-11-21(2)18(17)7-8-19(21)20(24)13-22/h14-19H,3-13H2,1-2H3. The molecular weight excluding hydrogens is 367 g/mol. The van der Waals surface area contributed by atoms with Crippen molar-refractivity contribution in [3.05, 3.63) is 0 Å². The van der Waals surface area contributed by atoms with Gasteiger partial charge >= 0.3 is 0 Å². The van der Waals surface area contributed by atoms with Crippen molar-refractivity contribution < 1.29 is 9.18 Å². The molecule has 0 aromatic heterocycles. The molecule has 0 saturated heterocycles. The average molecular weight is 401 g/mol. The largest absolute Gasteiger partial charge is 0.298 e. The van der Waals surface area contributed by atoms with E-state index in [-0.39, 0.29) is 18.0 Å². The molecule has 24 heavy (non-hydrogen) atoms. The zero-order chi connectivity index (χ0) is 17.3. The fourth-order valence-corrected chi connectivity index (χ4v) is 7.53. The number of hydrogen-bond donors (Lipinski definition) is 0. The van der Waals surface area contributed by atoms with Gasteiger partial charge in [-0.2, -0.15) is 0 Å². The van der Waals surface area contributed by atoms with E-state index >= 15 is 0 Å². The summed E-state index contributed by atoms with van der Waals surface area (Å²) in [5.74, 6) is 4.37. The molecule has 0 bridgehead atoms. The molecule has 0 aliphatic heterocycles. The topological polar surface area (TPSA) is 17.1 Å². The maximum atomic E-state index is 13.0. The number of carbonyl (C=O) groups excluding carboxylic acids is 1. The van der Waals surface area contributed by atoms with Gasteiger partial charge in [0.1, 0.15) is 5.78 Å². The molecule has 0 spiro atoms. The number of fused-ring (bicyclic) bond motifs is 3. The van der Waals surface area contributed by atoms with E-state index in [1.54, 1.807) is 0 Å². The molecule has 0 radical (unpaired) electrons. The number of carbonyl (C=O) groups is 1. The van der Waals surface area contributed by atoms with Gasteiger partial charge in [0.25, 0.3) is 0 Å². The third-order valence-corrected chi connectivity index (χ3v) is 8.69. The molecule has 7 unspecified atom stereocenters. The summed E-state index contributed by atoms with van der Waals surface area (Å²) >= 11 is 3.40. The number of alkyl halides is 2. The van der Waals surface area contributed by atoms with Crippen molar-refractivity contribution in [1.82, 2.24) is 0 Å². The van der Waals surface area contributed by atoms with Crippen LogP contribution in [0.1, 0.15) is 71.6 Å². The van der Waals surface area contributed by atoms with Gasteiger partial charge in [-0.05, 0) is 80.0 Å². The first-order valence-corrected chi connectivity index (χ1v) is 11.3. The summed E-state index contributed by atoms with van der Waals surface area (Å²) in [6.07, 6.45) is 10.6. The lowest BCUT2D eigenvalue weighted by Gasteiger charge is -2.54. The minimum Gasteiger partial charge on any atom is -0.298 e. The second kappa shape index (κ2) is 7.76. The molecule has 3 aliphatic rings. The Hall–Kier alpha value is 0.0800. The Kier molecular flexibility index (Phi) is 6.10. The van der Waals surface area contributed by atoms with Crippen LogP contribution in [-0.2, 0) is 4.79 Å². The highest BCUT2D eigenvalue weighted by atomic mass is 79.9. The zero-order valence-corrected chi connectivity index (χ0v) is 17.0. The SMILES string of the molecule is CCCC1C(CCF)CCC2C1CCC1(C)C(C(=O)CBr)CCC21. The number of rotatable bonds is 6. The van der Waals surface area contributed by atoms with Crippen LogP contribution in [-0.4, -0.2) is 17.8 Å². The van der Waals surface area contributed by atoms with Gasteiger partial charge < -0.3 is 0 Å². The number of Topliss-reactive ketones (excluding diaryl/α,β-unsaturated/α-hetero) is 1. The van der Waals surface area contributed by atoms with Gasteiger partial charge in [0, 0.05) is 5.92 Å². The Labute approximate surface area is 155 Å². The van der Waals surface area contributed by atoms with Gasteiger partial charge in [0.2, 0.25) is 0 Å². The van der Waals surface area contributed by atoms with Gasteiger partial charge in [0.15, 0.2) is 0 Å². The lowest BCUT2D eigenvalue weighted by atomic mass is 9.50. The van der Waals surface area contributed by atoms with E-state index in [1.807, 2.05) is 0 Å². The van der Waals surface area contributed by atoms with E-state index in [0.717, 1.165) is 36.5 Å². The highest BCUT2D eigenvalue weighted by Gasteiger charge is 2.57. The van der Waals surface area contributed by atoms with Gasteiger partial charge in [-0.3, -0.25) is 9.18 Å². The first-order chi connectivity index (χ1) is 11.6. The molecule has 3 aliphatic carbocycles. The minimum absolute atomic E-state index is 0.148. The minimum atomic E-state index is -0.148. The quantitative estimate of drug-likeness (QED) is 0.485. The summed E-state index contributed by atoms with van der Waals surface area (Å²) in [4.78, 5) is 12.4. The van der Waals surface area contributed by atoms with Crippen LogP contribution in [0.2, 0.25) is 0 Å². The van der Waals surface area contributed by atoms with Crippen molar-refractivity contribution in [2.45, 2.75) is 71.6 Å². The average Bonchev–Trinajstić information content (AvgIpc) is 2.93. The molecule has 0 amide bonds. The highest BCUT2D eigenvalue weighted by Crippen LogP contribution is 2.63. The third kappa shape index (κ3) is 3.12. The third-order valence-electron chi connectivity index (χ3n) is 8.14. The molecule has 3 rings (SSSR count). The fourth-order valence-electron chi connectivity index (χ4n) is 7.14. The van der Waals surface area contributed by atoms with Gasteiger partial charge in [-0.1, -0.05) is 42.6 Å². The fraction of sp³-hybridized carbons (Fsp3) is 0.952. The van der Waals surface area contributed by atoms with Crippen LogP contribution in [0.15, 0.2) is 0 Å². The summed E-state index contributed by atoms with van der Waals surface area (Å²) in [6, 6.07) is 0. The van der Waals surface area contributed by atoms with Gasteiger partial charge in [-0.25, -0.2) is 0 Å². The van der Waals surface area contributed by atoms with Crippen molar-refractivity contribution in [2.75, 3.05) is 12.0 Å². The van der Waals surface area contributed by atoms with E-state index in [0.29, 0.717) is 17.0 Å². The van der Waals surface area contributed by atoms with Crippen LogP contribution in [0, 0.1) is 40.9 Å². The lowest BCUT2D eigenvalue weighted by molar-refractivity contribution is -0.127. The lowest BCUT2D eigenvalue weighted by Crippen LogP contribution is -2.48. The summed E-state index contributed by atoms with van der Waals surface area (Å²) in [5, 5.41) is 0.519. The van der Waals surface area contributed by atoms with Gasteiger partial charge in [0.05, 0.1) is 12.0 Å². The Bertz CT molecular complexity index is 453. The zero-order valence-electron chi connectivity index (χ0n) is 15.4. The summed E-state index contributed by atoms with van der Waals surface area (Å²) in [7, 11) is 0. The van der Waals surface area contributed by atoms with Crippen molar-refractivity contribution >= 4 is 21.7 Å². The molecule has 3 saturated carbocycles. The second-order valence-electron chi connectivity index (χ2n) is 8.98. The normalized spacial score (nSPS) is 44.8. The highest BCUT2D eigenvalue weighted by molar-refractivity contribution is 9.09. The molecule has 3 fully saturated rings. The molecule has 138 valence electrons. The summed E-state index contributed by atoms with van der Waals surface area (Å²) in [5.41, 5.74) is 0.232. The van der Waals surface area contributed by atoms with Crippen molar-refractivity contribution in [3.8, 4) is 0 Å². The van der Waals surface area contributed by atoms with Crippen LogP contribution in [0.5, 0.6) is 0 Å². The molecular formula is C21H34BrFO. The molecule has 0 N–H and O–H groups in total. The second-order valence-corrected chi connectivity index (χ2v) is 9.54. The van der Waals surface area contributed by atoms with Crippen molar-refractivity contribution in [1.29, 1.82) is 0 Å². The molecule has 1 nitrogen and oxygen atoms in total. The predicted octanol–water partition coefficient (Wildman–Crippen LogP) is 6.20. The van der Waals surface area contributed by atoms with Crippen molar-refractivity contribution in [2.24, 2.45) is 40.9 Å². The predicted molar refractivity (Wildman–Crippen MR) is 101 cm³/mol. The van der Waals surface area contributed by atoms with Crippen molar-refractivity contribution in [3.63, 3.8) is 0 Å². The van der Waals surface area contributed by atoms with Crippen LogP contribution in [0.25, 0.3) is 0 Å². The first-order valence-electron chi connectivity index (χ1n) is 10.2. The van der Waals surface area contributed by atoms with Crippen LogP contribution < -0.4 is 0 Å². The Morgan fingerprint density at radius 1 is 1.12 bits per heavy atom. The maximum absolute atomic E-state index is 13.0. The van der Waals surface area contributed by atoms with E-state index in [2.05, 4.69) is 29.8 Å². The smallest absolute Gasteiger partial charge is 0.147 e. The number of hydrogen-bond acceptors (Lipinski definition) is 1. The molecule has 7 atom stereocenters. The first kappa shape index (κ1) is 18.9. The number of ketones is 1. The van der Waals surface area contributed by atoms with E-state index in [9.17, 15) is 9.18 Å². The Morgan fingerprint density at radius 2 is 1.92 bits per heavy atom. The molecule has 0 heterocycles. The van der Waals surface area contributed by atoms with E-state index in [1.165, 1.54) is 44.9 Å². The summed E-state index contributed by atoms with van der Waals surface area (Å²) in [6.45, 7) is 4.54. The van der Waals surface area contributed by atoms with E-state index in [4.69, 9.17) is 0 Å². The molecule has 0 aromatic rings. The monoisotopic (exact) mass is 400 g/mol. The van der Waals surface area contributed by atoms with Crippen LogP contribution in [0.3, 0.4) is 0 Å². The number of halogens is 2. The van der Waals surface area contributed by atoms with Gasteiger partial charge in [-0.15, -0.1) is 0 Å². The summed E-state index contributed by atoms with van der Waals surface area (Å²) < 4.78 is 13.0. The van der Waals surface area contributed by atoms with Crippen LogP contribution >= 0.6 is 15.9 Å².